The maximum Gasteiger partial charge on any atom is 0.174 e. The molecular formula is C111H81N3O5P4S. The number of thiophene rings is 1. The predicted octanol–water partition coefficient (Wildman–Crippen LogP) is 24.0. The zero-order valence-electron chi connectivity index (χ0n) is 67.3. The molecular weight excluding hydrogens is 1610 g/mol. The van der Waals surface area contributed by atoms with E-state index in [1.807, 2.05) is 322 Å². The summed E-state index contributed by atoms with van der Waals surface area (Å²) in [5, 5.41) is 10.9. The topological polar surface area (TPSA) is 116 Å². The van der Waals surface area contributed by atoms with Crippen molar-refractivity contribution in [3.8, 4) is 79.0 Å². The number of ether oxygens (including phenoxy) is 1. The minimum atomic E-state index is -3.32. The van der Waals surface area contributed by atoms with E-state index in [-0.39, 0.29) is 0 Å². The average Bonchev–Trinajstić information content (AvgIpc) is 1.54. The van der Waals surface area contributed by atoms with Gasteiger partial charge in [-0.15, -0.1) is 11.3 Å². The van der Waals surface area contributed by atoms with Crippen LogP contribution in [0.5, 0.6) is 11.5 Å². The molecule has 20 aromatic rings. The SMILES string of the molecule is O=P(c1ccccc1)(c1ccccc1)c1ccc2sc3ccc(P(=O)(c4ccccc4)c4ccccc4)cc3c2c1.O=P(c1ccccc1)(c1ccccc1)c1ccccc1Oc1ccccc1P(=O)(c1ccccc1)c1ccccc1.c1ccc(-c2cccc(-c3nc(-c4cccc(-c5ccccc5)c4)nc(-c4cccc(-c5ccccc5)c4)n3)c2)cc1. The number of para-hydroxylation sites is 2. The fourth-order valence-electron chi connectivity index (χ4n) is 15.9. The largest absolute Gasteiger partial charge is 0.456 e. The highest BCUT2D eigenvalue weighted by molar-refractivity contribution is 7.86. The molecule has 0 saturated carbocycles. The molecule has 0 N–H and O–H groups in total. The quantitative estimate of drug-likeness (QED) is 0.0693. The first-order chi connectivity index (χ1) is 61.0. The Morgan fingerprint density at radius 3 is 0.645 bits per heavy atom. The Bertz CT molecular complexity index is 6610. The molecule has 0 fully saturated rings. The Hall–Kier alpha value is -14.1. The standard InChI is InChI=1S/C39H27N3.C36H28O3P2.C36H26O2P2S/c1-4-13-28(14-5-1)31-19-10-22-34(25-31)37-40-38(35-23-11-20-32(26-35)29-15-6-2-7-16-29)42-39(41-37)36-24-12-21-33(27-36)30-17-8-3-9-18-30;37-40(29-17-5-1-6-18-29,30-19-7-2-8-20-30)35-27-15-13-25-33(35)39-34-26-14-16-28-36(34)41(38,31-21-9-3-10-22-31)32-23-11-4-12-24-32;37-39(27-13-5-1-6-14-27,28-15-7-2-8-16-28)31-21-23-35-33(25-31)34-26-32(22-24-36(34)41-35)40(38,29-17-9-3-10-18-29)30-19-11-4-12-20-30/h1-27H;1-28H;1-26H. The van der Waals surface area contributed by atoms with Crippen molar-refractivity contribution in [3.05, 3.63) is 491 Å². The van der Waals surface area contributed by atoms with Crippen LogP contribution in [-0.2, 0) is 18.3 Å². The Balaban J connectivity index is 0.000000127. The molecule has 0 saturated heterocycles. The summed E-state index contributed by atoms with van der Waals surface area (Å²) in [5.41, 5.74) is 9.65. The van der Waals surface area contributed by atoms with Crippen molar-refractivity contribution in [2.45, 2.75) is 0 Å². The van der Waals surface area contributed by atoms with E-state index < -0.39 is 28.6 Å². The van der Waals surface area contributed by atoms with E-state index in [1.54, 1.807) is 11.3 Å². The lowest BCUT2D eigenvalue weighted by Crippen LogP contribution is -2.27. The van der Waals surface area contributed by atoms with E-state index in [2.05, 4.69) is 170 Å². The fraction of sp³-hybridized carbons (Fsp3) is 0. The zero-order valence-corrected chi connectivity index (χ0v) is 71.7. The van der Waals surface area contributed by atoms with Crippen LogP contribution in [0.1, 0.15) is 0 Å². The molecule has 8 nitrogen and oxygen atoms in total. The summed E-state index contributed by atoms with van der Waals surface area (Å²) in [7, 11) is -12.9. The Kier molecular flexibility index (Phi) is 24.0. The van der Waals surface area contributed by atoms with Crippen molar-refractivity contribution in [3.63, 3.8) is 0 Å². The van der Waals surface area contributed by atoms with E-state index in [0.29, 0.717) is 39.6 Å². The number of hydrogen-bond donors (Lipinski definition) is 0. The van der Waals surface area contributed by atoms with Gasteiger partial charge in [-0.05, 0) is 112 Å². The van der Waals surface area contributed by atoms with Crippen LogP contribution in [0.4, 0.5) is 0 Å². The van der Waals surface area contributed by atoms with Gasteiger partial charge in [-0.25, -0.2) is 15.0 Å². The van der Waals surface area contributed by atoms with Gasteiger partial charge in [-0.2, -0.15) is 0 Å². The molecule has 2 heterocycles. The Morgan fingerprint density at radius 1 is 0.177 bits per heavy atom. The van der Waals surface area contributed by atoms with Gasteiger partial charge >= 0.3 is 0 Å². The highest BCUT2D eigenvalue weighted by Crippen LogP contribution is 2.51. The van der Waals surface area contributed by atoms with Crippen LogP contribution in [0.3, 0.4) is 0 Å². The average molecular weight is 1690 g/mol. The van der Waals surface area contributed by atoms with E-state index in [9.17, 15) is 0 Å². The third-order valence-electron chi connectivity index (χ3n) is 22.1. The van der Waals surface area contributed by atoms with Crippen LogP contribution in [0.2, 0.25) is 0 Å². The summed E-state index contributed by atoms with van der Waals surface area (Å²) in [5.74, 6) is 2.85. The summed E-state index contributed by atoms with van der Waals surface area (Å²) in [6, 6.07) is 161. The van der Waals surface area contributed by atoms with Crippen LogP contribution in [0.15, 0.2) is 491 Å². The molecule has 0 aliphatic carbocycles. The van der Waals surface area contributed by atoms with Gasteiger partial charge in [-0.1, -0.05) is 413 Å². The number of nitrogens with zero attached hydrogens (tertiary/aromatic N) is 3. The third-order valence-corrected chi connectivity index (χ3v) is 35.5. The summed E-state index contributed by atoms with van der Waals surface area (Å²) in [6.07, 6.45) is 0. The number of hydrogen-bond acceptors (Lipinski definition) is 9. The first-order valence-corrected chi connectivity index (χ1v) is 48.6. The lowest BCUT2D eigenvalue weighted by atomic mass is 10.0. The van der Waals surface area contributed by atoms with Crippen molar-refractivity contribution in [2.75, 3.05) is 0 Å². The maximum atomic E-state index is 15.2. The molecule has 18 aromatic carbocycles. The third kappa shape index (κ3) is 16.7. The van der Waals surface area contributed by atoms with Gasteiger partial charge in [0, 0.05) is 89.9 Å². The van der Waals surface area contributed by atoms with Gasteiger partial charge in [0.05, 0.1) is 10.6 Å². The van der Waals surface area contributed by atoms with Gasteiger partial charge in [-0.3, -0.25) is 0 Å². The molecule has 0 amide bonds. The lowest BCUT2D eigenvalue weighted by molar-refractivity contribution is 0.489. The highest BCUT2D eigenvalue weighted by Gasteiger charge is 2.37. The van der Waals surface area contributed by atoms with Crippen molar-refractivity contribution in [2.24, 2.45) is 0 Å². The summed E-state index contributed by atoms with van der Waals surface area (Å²) in [4.78, 5) is 15.1. The molecule has 0 radical (unpaired) electrons. The Labute approximate surface area is 726 Å². The molecule has 0 atom stereocenters. The van der Waals surface area contributed by atoms with Crippen molar-refractivity contribution >= 4 is 124 Å². The van der Waals surface area contributed by atoms with Gasteiger partial charge < -0.3 is 23.0 Å². The van der Waals surface area contributed by atoms with Crippen LogP contribution in [0, 0.1) is 0 Å². The lowest BCUT2D eigenvalue weighted by Gasteiger charge is -2.25. The summed E-state index contributed by atoms with van der Waals surface area (Å²) in [6.45, 7) is 0. The predicted molar refractivity (Wildman–Crippen MR) is 522 cm³/mol. The summed E-state index contributed by atoms with van der Waals surface area (Å²) < 4.78 is 69.5. The highest BCUT2D eigenvalue weighted by atomic mass is 32.1. The minimum Gasteiger partial charge on any atom is -0.456 e. The fourth-order valence-corrected chi connectivity index (χ4v) is 27.8. The van der Waals surface area contributed by atoms with Crippen LogP contribution in [-0.4, -0.2) is 15.0 Å². The molecule has 20 rings (SSSR count). The van der Waals surface area contributed by atoms with E-state index in [1.165, 1.54) is 0 Å². The smallest absolute Gasteiger partial charge is 0.174 e. The first kappa shape index (κ1) is 80.9. The number of benzene rings is 18. The van der Waals surface area contributed by atoms with Crippen LogP contribution in [0.25, 0.3) is 87.7 Å². The molecule has 0 spiro atoms. The van der Waals surface area contributed by atoms with Crippen LogP contribution >= 0.6 is 39.9 Å². The van der Waals surface area contributed by atoms with Gasteiger partial charge in [0.1, 0.15) is 11.5 Å². The number of aromatic nitrogens is 3. The molecule has 2 aromatic heterocycles. The number of fused-ring (bicyclic) bond motifs is 3. The monoisotopic (exact) mass is 1690 g/mol. The Morgan fingerprint density at radius 2 is 0.387 bits per heavy atom. The van der Waals surface area contributed by atoms with E-state index in [4.69, 9.17) is 19.7 Å². The second-order valence-corrected chi connectivity index (χ2v) is 41.9. The second kappa shape index (κ2) is 36.7. The second-order valence-electron chi connectivity index (χ2n) is 29.8. The zero-order chi connectivity index (χ0) is 84.1. The van der Waals surface area contributed by atoms with Crippen LogP contribution < -0.4 is 68.4 Å². The van der Waals surface area contributed by atoms with Gasteiger partial charge in [0.2, 0.25) is 0 Å². The van der Waals surface area contributed by atoms with Gasteiger partial charge in [0.15, 0.2) is 46.0 Å². The number of rotatable bonds is 20. The maximum absolute atomic E-state index is 15.2. The van der Waals surface area contributed by atoms with Crippen molar-refractivity contribution < 1.29 is 23.0 Å². The van der Waals surface area contributed by atoms with E-state index in [0.717, 1.165) is 123 Å². The van der Waals surface area contributed by atoms with Crippen molar-refractivity contribution in [1.29, 1.82) is 0 Å². The molecule has 0 aliphatic rings. The van der Waals surface area contributed by atoms with Crippen molar-refractivity contribution in [1.82, 2.24) is 15.0 Å². The minimum absolute atomic E-state index is 0.462. The molecule has 0 bridgehead atoms. The molecule has 0 unspecified atom stereocenters. The van der Waals surface area contributed by atoms with E-state index >= 15 is 18.3 Å². The normalized spacial score (nSPS) is 11.5. The first-order valence-electron chi connectivity index (χ1n) is 40.9. The summed E-state index contributed by atoms with van der Waals surface area (Å²) >= 11 is 1.70. The molecule has 596 valence electrons. The van der Waals surface area contributed by atoms with Gasteiger partial charge in [0.25, 0.3) is 0 Å². The molecule has 13 heteroatoms. The molecule has 124 heavy (non-hydrogen) atoms. The molecule has 0 aliphatic heterocycles.